The lowest BCUT2D eigenvalue weighted by molar-refractivity contribution is 0.355. The number of anilines is 1. The smallest absolute Gasteiger partial charge is 0.162 e. The van der Waals surface area contributed by atoms with Crippen LogP contribution in [0.4, 0.5) is 5.69 Å². The van der Waals surface area contributed by atoms with Gasteiger partial charge in [0.15, 0.2) is 11.5 Å². The second-order valence-corrected chi connectivity index (χ2v) is 6.02. The van der Waals surface area contributed by atoms with Crippen molar-refractivity contribution in [1.82, 2.24) is 0 Å². The van der Waals surface area contributed by atoms with E-state index in [1.807, 2.05) is 12.1 Å². The lowest BCUT2D eigenvalue weighted by atomic mass is 10.1. The molecule has 0 aliphatic rings. The normalized spacial score (nSPS) is 10.3. The molecule has 0 fully saturated rings. The summed E-state index contributed by atoms with van der Waals surface area (Å²) in [4.78, 5) is 1.28. The highest BCUT2D eigenvalue weighted by Crippen LogP contribution is 2.33. The number of aryl methyl sites for hydroxylation is 1. The van der Waals surface area contributed by atoms with Gasteiger partial charge in [0, 0.05) is 33.0 Å². The van der Waals surface area contributed by atoms with Gasteiger partial charge in [0.05, 0.1) is 14.2 Å². The maximum absolute atomic E-state index is 5.32. The quantitative estimate of drug-likeness (QED) is 0.871. The summed E-state index contributed by atoms with van der Waals surface area (Å²) in [7, 11) is 3.29. The van der Waals surface area contributed by atoms with Crippen molar-refractivity contribution in [3.05, 3.63) is 38.5 Å². The van der Waals surface area contributed by atoms with E-state index in [-0.39, 0.29) is 0 Å². The first-order valence-corrected chi connectivity index (χ1v) is 7.50. The third kappa shape index (κ3) is 3.42. The van der Waals surface area contributed by atoms with Crippen LogP contribution < -0.4 is 14.8 Å². The van der Waals surface area contributed by atoms with Gasteiger partial charge in [-0.25, -0.2) is 0 Å². The summed E-state index contributed by atoms with van der Waals surface area (Å²) in [5.41, 5.74) is 2.19. The molecule has 0 bridgehead atoms. The number of ether oxygens (including phenoxy) is 2. The molecule has 1 aromatic carbocycles. The standard InChI is InChI=1S/C14H16BrNO2S/c1-9-4-13(17-2)14(18-3)6-12(9)16-7-11-5-10(15)8-19-11/h4-6,8,16H,7H2,1-3H3. The Bertz CT molecular complexity index is 569. The molecule has 19 heavy (non-hydrogen) atoms. The van der Waals surface area contributed by atoms with Crippen LogP contribution in [0.25, 0.3) is 0 Å². The molecule has 0 unspecified atom stereocenters. The molecule has 102 valence electrons. The van der Waals surface area contributed by atoms with Crippen molar-refractivity contribution < 1.29 is 9.47 Å². The van der Waals surface area contributed by atoms with Gasteiger partial charge in [0.2, 0.25) is 0 Å². The highest BCUT2D eigenvalue weighted by molar-refractivity contribution is 9.10. The Labute approximate surface area is 125 Å². The second-order valence-electron chi connectivity index (χ2n) is 4.11. The van der Waals surface area contributed by atoms with Gasteiger partial charge >= 0.3 is 0 Å². The highest BCUT2D eigenvalue weighted by atomic mass is 79.9. The molecule has 0 atom stereocenters. The van der Waals surface area contributed by atoms with Gasteiger partial charge in [-0.2, -0.15) is 0 Å². The Balaban J connectivity index is 2.15. The molecule has 0 aliphatic carbocycles. The first-order chi connectivity index (χ1) is 9.13. The third-order valence-corrected chi connectivity index (χ3v) is 4.50. The average molecular weight is 342 g/mol. The molecule has 2 rings (SSSR count). The third-order valence-electron chi connectivity index (χ3n) is 2.81. The van der Waals surface area contributed by atoms with E-state index in [2.05, 4.69) is 39.6 Å². The molecule has 5 heteroatoms. The van der Waals surface area contributed by atoms with Gasteiger partial charge < -0.3 is 14.8 Å². The molecule has 0 saturated carbocycles. The van der Waals surface area contributed by atoms with Crippen LogP contribution in [0.1, 0.15) is 10.4 Å². The summed E-state index contributed by atoms with van der Waals surface area (Å²) in [5.74, 6) is 1.49. The molecule has 1 aromatic heterocycles. The molecule has 0 amide bonds. The number of hydrogen-bond acceptors (Lipinski definition) is 4. The Kier molecular flexibility index (Phi) is 4.71. The van der Waals surface area contributed by atoms with E-state index in [1.165, 1.54) is 4.88 Å². The van der Waals surface area contributed by atoms with Crippen molar-refractivity contribution in [2.75, 3.05) is 19.5 Å². The van der Waals surface area contributed by atoms with Crippen molar-refractivity contribution >= 4 is 33.0 Å². The van der Waals surface area contributed by atoms with Crippen LogP contribution in [-0.2, 0) is 6.54 Å². The Morgan fingerprint density at radius 1 is 1.16 bits per heavy atom. The number of nitrogens with one attached hydrogen (secondary N) is 1. The van der Waals surface area contributed by atoms with Crippen LogP contribution in [-0.4, -0.2) is 14.2 Å². The lowest BCUT2D eigenvalue weighted by Gasteiger charge is -2.13. The first-order valence-electron chi connectivity index (χ1n) is 5.83. The zero-order chi connectivity index (χ0) is 13.8. The fraction of sp³-hybridized carbons (Fsp3) is 0.286. The van der Waals surface area contributed by atoms with Gasteiger partial charge in [-0.05, 0) is 40.5 Å². The maximum atomic E-state index is 5.32. The monoisotopic (exact) mass is 341 g/mol. The fourth-order valence-corrected chi connectivity index (χ4v) is 3.19. The van der Waals surface area contributed by atoms with E-state index < -0.39 is 0 Å². The predicted octanol–water partition coefficient (Wildman–Crippen LogP) is 4.45. The van der Waals surface area contributed by atoms with Gasteiger partial charge in [-0.3, -0.25) is 0 Å². The number of benzene rings is 1. The molecule has 3 nitrogen and oxygen atoms in total. The van der Waals surface area contributed by atoms with E-state index >= 15 is 0 Å². The van der Waals surface area contributed by atoms with Crippen LogP contribution in [0, 0.1) is 6.92 Å². The summed E-state index contributed by atoms with van der Waals surface area (Å²) >= 11 is 5.19. The van der Waals surface area contributed by atoms with Gasteiger partial charge in [0.1, 0.15) is 0 Å². The SMILES string of the molecule is COc1cc(C)c(NCc2cc(Br)cs2)cc1OC. The number of hydrogen-bond donors (Lipinski definition) is 1. The zero-order valence-electron chi connectivity index (χ0n) is 11.1. The summed E-state index contributed by atoms with van der Waals surface area (Å²) in [5, 5.41) is 5.50. The second kappa shape index (κ2) is 6.30. The number of halogens is 1. The van der Waals surface area contributed by atoms with Crippen LogP contribution in [0.2, 0.25) is 0 Å². The summed E-state index contributed by atoms with van der Waals surface area (Å²) in [6.07, 6.45) is 0. The summed E-state index contributed by atoms with van der Waals surface area (Å²) < 4.78 is 11.7. The van der Waals surface area contributed by atoms with Crippen molar-refractivity contribution in [3.8, 4) is 11.5 Å². The van der Waals surface area contributed by atoms with Crippen LogP contribution >= 0.6 is 27.3 Å². The van der Waals surface area contributed by atoms with E-state index in [4.69, 9.17) is 9.47 Å². The average Bonchev–Trinajstić information content (AvgIpc) is 2.82. The number of thiophene rings is 1. The largest absolute Gasteiger partial charge is 0.493 e. The van der Waals surface area contributed by atoms with E-state index in [0.717, 1.165) is 33.8 Å². The molecule has 0 radical (unpaired) electrons. The van der Waals surface area contributed by atoms with E-state index in [9.17, 15) is 0 Å². The minimum Gasteiger partial charge on any atom is -0.493 e. The van der Waals surface area contributed by atoms with Crippen molar-refractivity contribution in [1.29, 1.82) is 0 Å². The Morgan fingerprint density at radius 3 is 2.42 bits per heavy atom. The molecule has 2 aromatic rings. The zero-order valence-corrected chi connectivity index (χ0v) is 13.5. The minimum absolute atomic E-state index is 0.739. The lowest BCUT2D eigenvalue weighted by Crippen LogP contribution is -2.01. The molecule has 1 heterocycles. The Morgan fingerprint density at radius 2 is 1.84 bits per heavy atom. The molecular formula is C14H16BrNO2S. The van der Waals surface area contributed by atoms with Gasteiger partial charge in [-0.15, -0.1) is 11.3 Å². The molecule has 0 saturated heterocycles. The van der Waals surface area contributed by atoms with Crippen molar-refractivity contribution in [2.24, 2.45) is 0 Å². The summed E-state index contributed by atoms with van der Waals surface area (Å²) in [6.45, 7) is 2.85. The van der Waals surface area contributed by atoms with Crippen molar-refractivity contribution in [2.45, 2.75) is 13.5 Å². The summed E-state index contributed by atoms with van der Waals surface area (Å²) in [6, 6.07) is 6.07. The Hall–Kier alpha value is -1.20. The van der Waals surface area contributed by atoms with Crippen LogP contribution in [0.3, 0.4) is 0 Å². The molecule has 0 spiro atoms. The van der Waals surface area contributed by atoms with E-state index in [1.54, 1.807) is 25.6 Å². The minimum atomic E-state index is 0.739. The maximum Gasteiger partial charge on any atom is 0.162 e. The molecular weight excluding hydrogens is 326 g/mol. The number of rotatable bonds is 5. The topological polar surface area (TPSA) is 30.5 Å². The van der Waals surface area contributed by atoms with Crippen LogP contribution in [0.15, 0.2) is 28.1 Å². The van der Waals surface area contributed by atoms with E-state index in [0.29, 0.717) is 0 Å². The molecule has 1 N–H and O–H groups in total. The fourth-order valence-electron chi connectivity index (χ4n) is 1.80. The van der Waals surface area contributed by atoms with Gasteiger partial charge in [0.25, 0.3) is 0 Å². The van der Waals surface area contributed by atoms with Gasteiger partial charge in [-0.1, -0.05) is 0 Å². The first kappa shape index (κ1) is 14.2. The number of methoxy groups -OCH3 is 2. The van der Waals surface area contributed by atoms with Crippen molar-refractivity contribution in [3.63, 3.8) is 0 Å². The highest BCUT2D eigenvalue weighted by Gasteiger charge is 2.08. The molecule has 0 aliphatic heterocycles. The predicted molar refractivity (Wildman–Crippen MR) is 83.6 cm³/mol. The van der Waals surface area contributed by atoms with Crippen LogP contribution in [0.5, 0.6) is 11.5 Å².